The van der Waals surface area contributed by atoms with Gasteiger partial charge in [0.05, 0.1) is 19.9 Å². The Labute approximate surface area is 122 Å². The monoisotopic (exact) mass is 297 g/mol. The third-order valence-corrected chi connectivity index (χ3v) is 2.43. The lowest BCUT2D eigenvalue weighted by atomic mass is 10.1. The molecule has 0 spiro atoms. The molecule has 0 radical (unpaired) electrons. The van der Waals surface area contributed by atoms with Crippen molar-refractivity contribution in [3.05, 3.63) is 11.6 Å². The zero-order valence-corrected chi connectivity index (χ0v) is 12.6. The molecule has 0 aliphatic carbocycles. The minimum absolute atomic E-state index is 0.0102. The number of methoxy groups -OCH3 is 2. The Balaban J connectivity index is 3.19. The van der Waals surface area contributed by atoms with Gasteiger partial charge in [-0.25, -0.2) is 4.79 Å². The molecule has 21 heavy (non-hydrogen) atoms. The van der Waals surface area contributed by atoms with E-state index in [1.165, 1.54) is 20.3 Å². The predicted molar refractivity (Wildman–Crippen MR) is 76.5 cm³/mol. The van der Waals surface area contributed by atoms with E-state index in [0.29, 0.717) is 6.29 Å². The summed E-state index contributed by atoms with van der Waals surface area (Å²) >= 11 is 0. The Hall–Kier alpha value is -2.44. The molecule has 7 nitrogen and oxygen atoms in total. The normalized spacial score (nSPS) is 10.7. The van der Waals surface area contributed by atoms with E-state index in [0.717, 1.165) is 0 Å². The van der Waals surface area contributed by atoms with E-state index in [1.807, 2.05) is 0 Å². The number of nitrogens with one attached hydrogen (secondary N) is 1. The number of rotatable bonds is 4. The van der Waals surface area contributed by atoms with Crippen LogP contribution in [0.3, 0.4) is 0 Å². The zero-order chi connectivity index (χ0) is 16.2. The average molecular weight is 297 g/mol. The number of phenolic OH excluding ortho intramolecular Hbond substituents is 1. The van der Waals surface area contributed by atoms with Crippen LogP contribution in [0.4, 0.5) is 10.5 Å². The number of carbonyl (C=O) groups excluding carboxylic acids is 2. The molecule has 116 valence electrons. The number of amides is 1. The van der Waals surface area contributed by atoms with E-state index in [9.17, 15) is 14.7 Å². The number of aromatic hydroxyl groups is 1. The smallest absolute Gasteiger partial charge is 0.412 e. The van der Waals surface area contributed by atoms with Gasteiger partial charge in [0.1, 0.15) is 11.2 Å². The minimum atomic E-state index is -0.762. The van der Waals surface area contributed by atoms with Gasteiger partial charge in [0.2, 0.25) is 0 Å². The molecule has 7 heteroatoms. The second kappa shape index (κ2) is 6.34. The largest absolute Gasteiger partial charge is 0.505 e. The van der Waals surface area contributed by atoms with Crippen molar-refractivity contribution in [3.8, 4) is 17.2 Å². The summed E-state index contributed by atoms with van der Waals surface area (Å²) in [6, 6.07) is 1.34. The Morgan fingerprint density at radius 2 is 1.90 bits per heavy atom. The van der Waals surface area contributed by atoms with Gasteiger partial charge < -0.3 is 19.3 Å². The second-order valence-corrected chi connectivity index (χ2v) is 5.17. The molecule has 1 aromatic rings. The summed E-state index contributed by atoms with van der Waals surface area (Å²) in [6.45, 7) is 5.12. The van der Waals surface area contributed by atoms with Crippen molar-refractivity contribution in [3.63, 3.8) is 0 Å². The van der Waals surface area contributed by atoms with Crippen LogP contribution in [-0.4, -0.2) is 37.3 Å². The first-order valence-electron chi connectivity index (χ1n) is 6.16. The predicted octanol–water partition coefficient (Wildman–Crippen LogP) is 2.57. The fraction of sp³-hybridized carbons (Fsp3) is 0.429. The number of phenols is 1. The van der Waals surface area contributed by atoms with Crippen molar-refractivity contribution in [2.45, 2.75) is 26.4 Å². The van der Waals surface area contributed by atoms with Crippen molar-refractivity contribution < 1.29 is 28.9 Å². The van der Waals surface area contributed by atoms with Gasteiger partial charge in [-0.05, 0) is 20.8 Å². The van der Waals surface area contributed by atoms with Gasteiger partial charge in [-0.1, -0.05) is 0 Å². The zero-order valence-electron chi connectivity index (χ0n) is 12.6. The first kappa shape index (κ1) is 16.6. The molecular weight excluding hydrogens is 278 g/mol. The van der Waals surface area contributed by atoms with Crippen LogP contribution in [-0.2, 0) is 4.74 Å². The van der Waals surface area contributed by atoms with Crippen molar-refractivity contribution in [1.29, 1.82) is 0 Å². The summed E-state index contributed by atoms with van der Waals surface area (Å²) in [6.07, 6.45) is -0.349. The van der Waals surface area contributed by atoms with Crippen LogP contribution in [0, 0.1) is 0 Å². The van der Waals surface area contributed by atoms with Crippen molar-refractivity contribution >= 4 is 18.1 Å². The van der Waals surface area contributed by atoms with Gasteiger partial charge in [-0.2, -0.15) is 0 Å². The number of anilines is 1. The molecule has 0 bridgehead atoms. The Morgan fingerprint density at radius 1 is 1.29 bits per heavy atom. The summed E-state index contributed by atoms with van der Waals surface area (Å²) < 4.78 is 15.2. The van der Waals surface area contributed by atoms with E-state index < -0.39 is 17.4 Å². The van der Waals surface area contributed by atoms with Gasteiger partial charge in [0.25, 0.3) is 0 Å². The molecular formula is C14H19NO6. The standard InChI is InChI=1S/C14H19NO6/c1-14(2,3)21-13(18)15-9-6-10(19-4)12(20-5)8(7-16)11(9)17/h6-7,17H,1-5H3,(H,15,18). The molecule has 2 N–H and O–H groups in total. The SMILES string of the molecule is COc1cc(NC(=O)OC(C)(C)C)c(O)c(C=O)c1OC. The van der Waals surface area contributed by atoms with E-state index in [-0.39, 0.29) is 22.7 Å². The molecule has 0 fully saturated rings. The highest BCUT2D eigenvalue weighted by Gasteiger charge is 2.22. The van der Waals surface area contributed by atoms with Gasteiger partial charge >= 0.3 is 6.09 Å². The van der Waals surface area contributed by atoms with E-state index >= 15 is 0 Å². The third-order valence-electron chi connectivity index (χ3n) is 2.43. The number of carbonyl (C=O) groups is 2. The lowest BCUT2D eigenvalue weighted by molar-refractivity contribution is 0.0635. The average Bonchev–Trinajstić information content (AvgIpc) is 2.38. The first-order valence-corrected chi connectivity index (χ1v) is 6.16. The topological polar surface area (TPSA) is 94.1 Å². The molecule has 1 rings (SSSR count). The summed E-state index contributed by atoms with van der Waals surface area (Å²) in [5.41, 5.74) is -0.823. The van der Waals surface area contributed by atoms with Crippen LogP contribution < -0.4 is 14.8 Å². The number of aldehydes is 1. The fourth-order valence-corrected chi connectivity index (χ4v) is 1.63. The highest BCUT2D eigenvalue weighted by Crippen LogP contribution is 2.41. The Bertz CT molecular complexity index is 547. The van der Waals surface area contributed by atoms with E-state index in [4.69, 9.17) is 14.2 Å². The highest BCUT2D eigenvalue weighted by molar-refractivity contribution is 5.94. The second-order valence-electron chi connectivity index (χ2n) is 5.17. The van der Waals surface area contributed by atoms with Crippen molar-refractivity contribution in [1.82, 2.24) is 0 Å². The molecule has 0 atom stereocenters. The number of benzene rings is 1. The summed E-state index contributed by atoms with van der Waals surface area (Å²) in [5.74, 6) is -0.142. The van der Waals surface area contributed by atoms with Gasteiger partial charge in [0.15, 0.2) is 23.5 Å². The molecule has 0 unspecified atom stereocenters. The van der Waals surface area contributed by atoms with Crippen molar-refractivity contribution in [2.75, 3.05) is 19.5 Å². The number of hydrogen-bond donors (Lipinski definition) is 2. The molecule has 1 amide bonds. The van der Waals surface area contributed by atoms with Crippen LogP contribution in [0.1, 0.15) is 31.1 Å². The van der Waals surface area contributed by atoms with Gasteiger partial charge in [-0.3, -0.25) is 10.1 Å². The third kappa shape index (κ3) is 4.01. The highest BCUT2D eigenvalue weighted by atomic mass is 16.6. The number of hydrogen-bond acceptors (Lipinski definition) is 6. The molecule has 1 aromatic carbocycles. The molecule has 0 heterocycles. The van der Waals surface area contributed by atoms with Crippen LogP contribution in [0.15, 0.2) is 6.07 Å². The van der Waals surface area contributed by atoms with Crippen LogP contribution in [0.25, 0.3) is 0 Å². The number of ether oxygens (including phenoxy) is 3. The molecule has 0 aliphatic rings. The van der Waals surface area contributed by atoms with E-state index in [1.54, 1.807) is 20.8 Å². The maximum Gasteiger partial charge on any atom is 0.412 e. The summed E-state index contributed by atoms with van der Waals surface area (Å²) in [5, 5.41) is 12.4. The maximum absolute atomic E-state index is 11.7. The fourth-order valence-electron chi connectivity index (χ4n) is 1.63. The van der Waals surface area contributed by atoms with Crippen LogP contribution >= 0.6 is 0 Å². The Morgan fingerprint density at radius 3 is 2.33 bits per heavy atom. The van der Waals surface area contributed by atoms with Gasteiger partial charge in [0, 0.05) is 6.07 Å². The summed E-state index contributed by atoms with van der Waals surface area (Å²) in [7, 11) is 2.71. The lowest BCUT2D eigenvalue weighted by Gasteiger charge is -2.20. The summed E-state index contributed by atoms with van der Waals surface area (Å²) in [4.78, 5) is 22.8. The molecule has 0 saturated heterocycles. The quantitative estimate of drug-likeness (QED) is 0.655. The molecule has 0 saturated carbocycles. The Kier molecular flexibility index (Phi) is 5.02. The molecule has 0 aliphatic heterocycles. The van der Waals surface area contributed by atoms with Crippen LogP contribution in [0.2, 0.25) is 0 Å². The maximum atomic E-state index is 11.7. The van der Waals surface area contributed by atoms with Gasteiger partial charge in [-0.15, -0.1) is 0 Å². The first-order chi connectivity index (χ1) is 9.73. The van der Waals surface area contributed by atoms with Crippen molar-refractivity contribution in [2.24, 2.45) is 0 Å². The van der Waals surface area contributed by atoms with Crippen LogP contribution in [0.5, 0.6) is 17.2 Å². The minimum Gasteiger partial charge on any atom is -0.505 e. The molecule has 0 aromatic heterocycles. The van der Waals surface area contributed by atoms with E-state index in [2.05, 4.69) is 5.32 Å². The lowest BCUT2D eigenvalue weighted by Crippen LogP contribution is -2.27.